The average molecular weight is 446 g/mol. The molecule has 1 saturated heterocycles. The van der Waals surface area contributed by atoms with E-state index in [-0.39, 0.29) is 29.4 Å². The number of thiophene rings is 1. The van der Waals surface area contributed by atoms with Crippen LogP contribution in [0, 0.1) is 0 Å². The topological polar surface area (TPSA) is 99.3 Å². The summed E-state index contributed by atoms with van der Waals surface area (Å²) in [7, 11) is -1.50. The Morgan fingerprint density at radius 1 is 1.27 bits per heavy atom. The molecule has 1 aliphatic heterocycles. The van der Waals surface area contributed by atoms with Gasteiger partial charge in [0.2, 0.25) is 5.91 Å². The largest absolute Gasteiger partial charge is 0.361 e. The summed E-state index contributed by atoms with van der Waals surface area (Å²) < 4.78 is 23.7. The normalized spacial score (nSPS) is 18.9. The molecule has 9 heteroatoms. The highest BCUT2D eigenvalue weighted by Crippen LogP contribution is 2.22. The molecular weight excluding hydrogens is 422 g/mol. The quantitative estimate of drug-likeness (QED) is 0.608. The zero-order valence-electron chi connectivity index (χ0n) is 16.5. The number of amides is 2. The maximum Gasteiger partial charge on any atom is 0.262 e. The molecule has 1 aliphatic rings. The molecule has 3 aromatic rings. The highest BCUT2D eigenvalue weighted by molar-refractivity contribution is 7.91. The van der Waals surface area contributed by atoms with Gasteiger partial charge in [0.15, 0.2) is 9.84 Å². The summed E-state index contributed by atoms with van der Waals surface area (Å²) in [5.41, 5.74) is 1.88. The summed E-state index contributed by atoms with van der Waals surface area (Å²) in [6, 6.07) is 10.1. The Morgan fingerprint density at radius 2 is 2.07 bits per heavy atom. The lowest BCUT2D eigenvalue weighted by atomic mass is 10.0. The number of fused-ring (bicyclic) bond motifs is 1. The fourth-order valence-corrected chi connectivity index (χ4v) is 6.27. The molecule has 3 heterocycles. The van der Waals surface area contributed by atoms with E-state index in [0.29, 0.717) is 17.7 Å². The molecule has 0 saturated carbocycles. The van der Waals surface area contributed by atoms with E-state index in [0.717, 1.165) is 16.5 Å². The predicted octanol–water partition coefficient (Wildman–Crippen LogP) is 2.22. The van der Waals surface area contributed by atoms with Crippen molar-refractivity contribution in [2.75, 3.05) is 18.6 Å². The van der Waals surface area contributed by atoms with Gasteiger partial charge in [-0.05, 0) is 29.5 Å². The first kappa shape index (κ1) is 20.6. The number of hydrogen-bond donors (Lipinski definition) is 2. The number of likely N-dealkylation sites (N-methyl/N-ethyl adjacent to an activating group) is 1. The Balaban J connectivity index is 1.59. The lowest BCUT2D eigenvalue weighted by molar-refractivity contribution is -0.133. The number of rotatable bonds is 6. The van der Waals surface area contributed by atoms with E-state index in [2.05, 4.69) is 10.3 Å². The van der Waals surface area contributed by atoms with Gasteiger partial charge in [0.1, 0.15) is 6.04 Å². The Hall–Kier alpha value is -2.65. The number of carbonyl (C=O) groups excluding carboxylic acids is 2. The molecule has 1 aromatic carbocycles. The molecule has 0 aliphatic carbocycles. The third-order valence-electron chi connectivity index (χ3n) is 5.55. The minimum atomic E-state index is -3.12. The van der Waals surface area contributed by atoms with Crippen LogP contribution in [0.3, 0.4) is 0 Å². The molecule has 30 heavy (non-hydrogen) atoms. The molecule has 0 radical (unpaired) electrons. The van der Waals surface area contributed by atoms with Gasteiger partial charge in [-0.3, -0.25) is 9.59 Å². The van der Waals surface area contributed by atoms with E-state index in [1.807, 2.05) is 30.5 Å². The number of carbonyl (C=O) groups is 2. The van der Waals surface area contributed by atoms with Crippen molar-refractivity contribution in [1.82, 2.24) is 15.2 Å². The summed E-state index contributed by atoms with van der Waals surface area (Å²) in [6.45, 7) is 0. The van der Waals surface area contributed by atoms with Crippen molar-refractivity contribution in [2.45, 2.75) is 24.9 Å². The van der Waals surface area contributed by atoms with E-state index in [1.54, 1.807) is 24.6 Å². The van der Waals surface area contributed by atoms with Crippen molar-refractivity contribution in [2.24, 2.45) is 0 Å². The van der Waals surface area contributed by atoms with Crippen molar-refractivity contribution < 1.29 is 18.0 Å². The molecule has 7 nitrogen and oxygen atoms in total. The molecule has 1 fully saturated rings. The second-order valence-corrected chi connectivity index (χ2v) is 10.7. The molecule has 0 spiro atoms. The van der Waals surface area contributed by atoms with Crippen molar-refractivity contribution in [3.05, 3.63) is 58.4 Å². The molecule has 0 unspecified atom stereocenters. The minimum Gasteiger partial charge on any atom is -0.361 e. The van der Waals surface area contributed by atoms with Crippen molar-refractivity contribution in [3.8, 4) is 0 Å². The SMILES string of the molecule is CN(C(=O)[C@@H](Cc1c[nH]c2ccccc12)NC(=O)c1cccs1)[C@@H]1CCS(=O)(=O)C1. The number of hydrogen-bond acceptors (Lipinski definition) is 5. The van der Waals surface area contributed by atoms with Crippen LogP contribution < -0.4 is 5.32 Å². The van der Waals surface area contributed by atoms with Gasteiger partial charge in [-0.25, -0.2) is 8.42 Å². The second kappa shape index (κ2) is 8.23. The van der Waals surface area contributed by atoms with Crippen LogP contribution >= 0.6 is 11.3 Å². The van der Waals surface area contributed by atoms with Gasteiger partial charge >= 0.3 is 0 Å². The fourth-order valence-electron chi connectivity index (χ4n) is 3.86. The van der Waals surface area contributed by atoms with Crippen LogP contribution in [0.2, 0.25) is 0 Å². The minimum absolute atomic E-state index is 0.0338. The van der Waals surface area contributed by atoms with Gasteiger partial charge in [-0.15, -0.1) is 11.3 Å². The standard InChI is InChI=1S/C21H23N3O4S2/c1-24(15-8-10-30(27,28)13-15)21(26)18(23-20(25)19-7-4-9-29-19)11-14-12-22-17-6-3-2-5-16(14)17/h2-7,9,12,15,18,22H,8,10-11,13H2,1H3,(H,23,25)/t15-,18-/m1/s1. The van der Waals surface area contributed by atoms with Gasteiger partial charge in [-0.1, -0.05) is 24.3 Å². The Morgan fingerprint density at radius 3 is 2.77 bits per heavy atom. The van der Waals surface area contributed by atoms with Gasteiger partial charge < -0.3 is 15.2 Å². The number of aromatic nitrogens is 1. The first-order chi connectivity index (χ1) is 14.3. The van der Waals surface area contributed by atoms with Crippen molar-refractivity contribution in [1.29, 1.82) is 0 Å². The number of aromatic amines is 1. The van der Waals surface area contributed by atoms with E-state index in [9.17, 15) is 18.0 Å². The smallest absolute Gasteiger partial charge is 0.262 e. The third-order valence-corrected chi connectivity index (χ3v) is 8.17. The lowest BCUT2D eigenvalue weighted by Gasteiger charge is -2.28. The Bertz CT molecular complexity index is 1170. The maximum atomic E-state index is 13.3. The zero-order chi connectivity index (χ0) is 21.3. The van der Waals surface area contributed by atoms with Gasteiger partial charge in [0, 0.05) is 36.6 Å². The number of para-hydroxylation sites is 1. The molecule has 2 amide bonds. The molecule has 0 bridgehead atoms. The molecule has 2 N–H and O–H groups in total. The van der Waals surface area contributed by atoms with E-state index in [4.69, 9.17) is 0 Å². The van der Waals surface area contributed by atoms with Crippen LogP contribution in [0.15, 0.2) is 48.0 Å². The predicted molar refractivity (Wildman–Crippen MR) is 117 cm³/mol. The van der Waals surface area contributed by atoms with Crippen LogP contribution in [0.25, 0.3) is 10.9 Å². The second-order valence-electron chi connectivity index (χ2n) is 7.57. The first-order valence-corrected chi connectivity index (χ1v) is 12.4. The highest BCUT2D eigenvalue weighted by atomic mass is 32.2. The highest BCUT2D eigenvalue weighted by Gasteiger charge is 2.35. The summed E-state index contributed by atoms with van der Waals surface area (Å²) in [5.74, 6) is -0.541. The maximum absolute atomic E-state index is 13.3. The van der Waals surface area contributed by atoms with Crippen LogP contribution in [-0.2, 0) is 21.1 Å². The molecular formula is C21H23N3O4S2. The summed E-state index contributed by atoms with van der Waals surface area (Å²) in [4.78, 5) is 31.2. The average Bonchev–Trinajstić information content (AvgIpc) is 3.46. The summed E-state index contributed by atoms with van der Waals surface area (Å²) in [6.07, 6.45) is 2.58. The van der Waals surface area contributed by atoms with E-state index < -0.39 is 15.9 Å². The van der Waals surface area contributed by atoms with Crippen LogP contribution in [-0.4, -0.2) is 60.8 Å². The number of nitrogens with zero attached hydrogens (tertiary/aromatic N) is 1. The number of sulfone groups is 1. The number of benzene rings is 1. The molecule has 4 rings (SSSR count). The van der Waals surface area contributed by atoms with Crippen molar-refractivity contribution >= 4 is 43.9 Å². The number of H-pyrrole nitrogens is 1. The van der Waals surface area contributed by atoms with Gasteiger partial charge in [-0.2, -0.15) is 0 Å². The van der Waals surface area contributed by atoms with Gasteiger partial charge in [0.05, 0.1) is 16.4 Å². The number of nitrogens with one attached hydrogen (secondary N) is 2. The van der Waals surface area contributed by atoms with Crippen LogP contribution in [0.1, 0.15) is 21.7 Å². The first-order valence-electron chi connectivity index (χ1n) is 9.70. The molecule has 2 aromatic heterocycles. The fraction of sp³-hybridized carbons (Fsp3) is 0.333. The lowest BCUT2D eigenvalue weighted by Crippen LogP contribution is -2.51. The summed E-state index contributed by atoms with van der Waals surface area (Å²) >= 11 is 1.31. The molecule has 2 atom stereocenters. The Kier molecular flexibility index (Phi) is 5.66. The van der Waals surface area contributed by atoms with Crippen LogP contribution in [0.4, 0.5) is 0 Å². The van der Waals surface area contributed by atoms with E-state index in [1.165, 1.54) is 16.2 Å². The monoisotopic (exact) mass is 445 g/mol. The van der Waals surface area contributed by atoms with Crippen LogP contribution in [0.5, 0.6) is 0 Å². The van der Waals surface area contributed by atoms with E-state index >= 15 is 0 Å². The third kappa shape index (κ3) is 4.27. The molecule has 158 valence electrons. The van der Waals surface area contributed by atoms with Crippen molar-refractivity contribution in [3.63, 3.8) is 0 Å². The summed E-state index contributed by atoms with van der Waals surface area (Å²) in [5, 5.41) is 5.66. The zero-order valence-corrected chi connectivity index (χ0v) is 18.1. The van der Waals surface area contributed by atoms with Gasteiger partial charge in [0.25, 0.3) is 5.91 Å². The Labute approximate surface area is 179 Å².